The normalized spacial score (nSPS) is 16.9. The smallest absolute Gasteiger partial charge is 0.194 e. The molecule has 1 aliphatic rings. The highest BCUT2D eigenvalue weighted by Gasteiger charge is 2.20. The van der Waals surface area contributed by atoms with Crippen LogP contribution < -0.4 is 0 Å². The van der Waals surface area contributed by atoms with Gasteiger partial charge in [-0.25, -0.2) is 4.98 Å². The molecule has 0 unspecified atom stereocenters. The molecule has 3 aromatic heterocycles. The molecule has 4 heterocycles. The Kier molecular flexibility index (Phi) is 4.35. The van der Waals surface area contributed by atoms with Crippen LogP contribution in [-0.2, 0) is 13.1 Å². The minimum atomic E-state index is 0.992. The third kappa shape index (κ3) is 3.22. The van der Waals surface area contributed by atoms with E-state index in [-0.39, 0.29) is 0 Å². The maximum Gasteiger partial charge on any atom is 0.194 e. The van der Waals surface area contributed by atoms with Crippen molar-refractivity contribution in [2.45, 2.75) is 26.9 Å². The SMILES string of the molecule is Cc1cn2c(CN3CCN(Cc4ccncc4)CC3)c(C)nc2s1. The van der Waals surface area contributed by atoms with E-state index in [1.165, 1.54) is 21.8 Å². The summed E-state index contributed by atoms with van der Waals surface area (Å²) >= 11 is 1.77. The maximum absolute atomic E-state index is 4.71. The number of fused-ring (bicyclic) bond motifs is 1. The van der Waals surface area contributed by atoms with Crippen LogP contribution in [0.4, 0.5) is 0 Å². The Balaban J connectivity index is 1.38. The molecule has 5 nitrogen and oxygen atoms in total. The highest BCUT2D eigenvalue weighted by Crippen LogP contribution is 2.22. The fraction of sp³-hybridized carbons (Fsp3) is 0.444. The Morgan fingerprint density at radius 2 is 1.67 bits per heavy atom. The number of aromatic nitrogens is 3. The van der Waals surface area contributed by atoms with E-state index in [9.17, 15) is 0 Å². The highest BCUT2D eigenvalue weighted by atomic mass is 32.1. The zero-order chi connectivity index (χ0) is 16.5. The van der Waals surface area contributed by atoms with Gasteiger partial charge in [0.25, 0.3) is 0 Å². The van der Waals surface area contributed by atoms with Gasteiger partial charge in [0.05, 0.1) is 11.4 Å². The fourth-order valence-corrected chi connectivity index (χ4v) is 4.25. The first-order valence-corrected chi connectivity index (χ1v) is 9.28. The molecule has 0 aromatic carbocycles. The van der Waals surface area contributed by atoms with Crippen molar-refractivity contribution >= 4 is 16.3 Å². The lowest BCUT2D eigenvalue weighted by atomic mass is 10.2. The number of thiazole rings is 1. The standard InChI is InChI=1S/C18H23N5S/c1-14-11-23-17(15(2)20-18(23)24-14)13-22-9-7-21(8-10-22)12-16-3-5-19-6-4-16/h3-6,11H,7-10,12-13H2,1-2H3. The lowest BCUT2D eigenvalue weighted by Crippen LogP contribution is -2.45. The van der Waals surface area contributed by atoms with E-state index < -0.39 is 0 Å². The summed E-state index contributed by atoms with van der Waals surface area (Å²) in [4.78, 5) is 16.3. The number of hydrogen-bond acceptors (Lipinski definition) is 5. The predicted molar refractivity (Wildman–Crippen MR) is 97.3 cm³/mol. The second kappa shape index (κ2) is 6.63. The van der Waals surface area contributed by atoms with Crippen molar-refractivity contribution in [1.29, 1.82) is 0 Å². The fourth-order valence-electron chi connectivity index (χ4n) is 3.36. The average Bonchev–Trinajstić information content (AvgIpc) is 3.07. The molecular formula is C18H23N5S. The molecule has 0 N–H and O–H groups in total. The number of piperazine rings is 1. The Bertz CT molecular complexity index is 815. The Hall–Kier alpha value is -1.76. The molecule has 1 fully saturated rings. The molecule has 0 saturated carbocycles. The zero-order valence-corrected chi connectivity index (χ0v) is 15.1. The van der Waals surface area contributed by atoms with E-state index in [1.807, 2.05) is 12.4 Å². The minimum Gasteiger partial charge on any atom is -0.297 e. The van der Waals surface area contributed by atoms with Crippen LogP contribution in [0.3, 0.4) is 0 Å². The molecule has 0 aliphatic carbocycles. The van der Waals surface area contributed by atoms with E-state index in [1.54, 1.807) is 11.3 Å². The van der Waals surface area contributed by atoms with Gasteiger partial charge >= 0.3 is 0 Å². The third-order valence-electron chi connectivity index (χ3n) is 4.73. The average molecular weight is 341 g/mol. The summed E-state index contributed by atoms with van der Waals surface area (Å²) in [5.41, 5.74) is 3.86. The van der Waals surface area contributed by atoms with Crippen molar-refractivity contribution < 1.29 is 0 Å². The maximum atomic E-state index is 4.71. The van der Waals surface area contributed by atoms with Gasteiger partial charge < -0.3 is 0 Å². The van der Waals surface area contributed by atoms with Gasteiger partial charge in [-0.3, -0.25) is 19.2 Å². The lowest BCUT2D eigenvalue weighted by Gasteiger charge is -2.34. The molecule has 4 rings (SSSR count). The molecule has 0 spiro atoms. The van der Waals surface area contributed by atoms with Crippen LogP contribution in [0.1, 0.15) is 21.8 Å². The van der Waals surface area contributed by atoms with Crippen LogP contribution in [0.5, 0.6) is 0 Å². The molecule has 126 valence electrons. The lowest BCUT2D eigenvalue weighted by molar-refractivity contribution is 0.120. The number of imidazole rings is 1. The first-order chi connectivity index (χ1) is 11.7. The van der Waals surface area contributed by atoms with Crippen molar-refractivity contribution in [2.24, 2.45) is 0 Å². The molecule has 1 aliphatic heterocycles. The van der Waals surface area contributed by atoms with Gasteiger partial charge in [0, 0.05) is 62.7 Å². The number of rotatable bonds is 4. The van der Waals surface area contributed by atoms with Gasteiger partial charge in [0.2, 0.25) is 0 Å². The second-order valence-electron chi connectivity index (χ2n) is 6.55. The van der Waals surface area contributed by atoms with E-state index in [4.69, 9.17) is 4.98 Å². The number of aryl methyl sites for hydroxylation is 2. The van der Waals surface area contributed by atoms with Crippen LogP contribution in [0.2, 0.25) is 0 Å². The van der Waals surface area contributed by atoms with Gasteiger partial charge in [-0.1, -0.05) is 0 Å². The second-order valence-corrected chi connectivity index (χ2v) is 7.76. The van der Waals surface area contributed by atoms with Crippen molar-refractivity contribution in [1.82, 2.24) is 24.2 Å². The molecule has 6 heteroatoms. The topological polar surface area (TPSA) is 36.7 Å². The van der Waals surface area contributed by atoms with Crippen molar-refractivity contribution in [3.8, 4) is 0 Å². The van der Waals surface area contributed by atoms with Crippen LogP contribution in [0, 0.1) is 13.8 Å². The van der Waals surface area contributed by atoms with E-state index in [2.05, 4.69) is 51.4 Å². The molecule has 0 atom stereocenters. The molecule has 24 heavy (non-hydrogen) atoms. The summed E-state index contributed by atoms with van der Waals surface area (Å²) in [7, 11) is 0. The van der Waals surface area contributed by atoms with Crippen LogP contribution in [-0.4, -0.2) is 50.3 Å². The van der Waals surface area contributed by atoms with Crippen molar-refractivity contribution in [3.05, 3.63) is 52.6 Å². The van der Waals surface area contributed by atoms with Crippen molar-refractivity contribution in [3.63, 3.8) is 0 Å². The molecular weight excluding hydrogens is 318 g/mol. The van der Waals surface area contributed by atoms with Crippen LogP contribution in [0.25, 0.3) is 4.96 Å². The first-order valence-electron chi connectivity index (χ1n) is 8.46. The van der Waals surface area contributed by atoms with Gasteiger partial charge in [-0.15, -0.1) is 11.3 Å². The summed E-state index contributed by atoms with van der Waals surface area (Å²) in [6, 6.07) is 4.22. The van der Waals surface area contributed by atoms with E-state index in [0.717, 1.165) is 44.2 Å². The van der Waals surface area contributed by atoms with Gasteiger partial charge in [-0.2, -0.15) is 0 Å². The summed E-state index contributed by atoms with van der Waals surface area (Å²) in [6.45, 7) is 10.8. The summed E-state index contributed by atoms with van der Waals surface area (Å²) in [6.07, 6.45) is 5.97. The van der Waals surface area contributed by atoms with Crippen LogP contribution >= 0.6 is 11.3 Å². The van der Waals surface area contributed by atoms with Gasteiger partial charge in [0.15, 0.2) is 4.96 Å². The van der Waals surface area contributed by atoms with Gasteiger partial charge in [-0.05, 0) is 31.5 Å². The largest absolute Gasteiger partial charge is 0.297 e. The van der Waals surface area contributed by atoms with E-state index >= 15 is 0 Å². The Morgan fingerprint density at radius 3 is 2.38 bits per heavy atom. The molecule has 0 amide bonds. The molecule has 1 saturated heterocycles. The quantitative estimate of drug-likeness (QED) is 0.731. The molecule has 3 aromatic rings. The first kappa shape index (κ1) is 15.7. The minimum absolute atomic E-state index is 0.992. The molecule has 0 radical (unpaired) electrons. The predicted octanol–water partition coefficient (Wildman–Crippen LogP) is 2.73. The Labute approximate surface area is 146 Å². The number of pyridine rings is 1. The van der Waals surface area contributed by atoms with Gasteiger partial charge in [0.1, 0.15) is 0 Å². The van der Waals surface area contributed by atoms with Crippen molar-refractivity contribution in [2.75, 3.05) is 26.2 Å². The monoisotopic (exact) mass is 341 g/mol. The number of nitrogens with zero attached hydrogens (tertiary/aromatic N) is 5. The van der Waals surface area contributed by atoms with Crippen LogP contribution in [0.15, 0.2) is 30.7 Å². The highest BCUT2D eigenvalue weighted by molar-refractivity contribution is 7.17. The third-order valence-corrected chi connectivity index (χ3v) is 5.63. The molecule has 0 bridgehead atoms. The van der Waals surface area contributed by atoms with E-state index in [0.29, 0.717) is 0 Å². The Morgan fingerprint density at radius 1 is 1.00 bits per heavy atom. The zero-order valence-electron chi connectivity index (χ0n) is 14.3. The summed E-state index contributed by atoms with van der Waals surface area (Å²) in [5.74, 6) is 0. The summed E-state index contributed by atoms with van der Waals surface area (Å²) < 4.78 is 2.28. The summed E-state index contributed by atoms with van der Waals surface area (Å²) in [5, 5.41) is 0. The number of hydrogen-bond donors (Lipinski definition) is 0.